The predicted molar refractivity (Wildman–Crippen MR) is 104 cm³/mol. The number of hydrogen-bond acceptors (Lipinski definition) is 3. The fraction of sp³-hybridized carbons (Fsp3) is 0.450. The molecule has 3 heterocycles. The highest BCUT2D eigenvalue weighted by Crippen LogP contribution is 2.33. The highest BCUT2D eigenvalue weighted by molar-refractivity contribution is 7.92. The molecule has 1 aromatic heterocycles. The van der Waals surface area contributed by atoms with E-state index in [9.17, 15) is 13.2 Å². The molecule has 1 fully saturated rings. The summed E-state index contributed by atoms with van der Waals surface area (Å²) in [6.07, 6.45) is 4.38. The average molecular weight is 388 g/mol. The molecule has 1 atom stereocenters. The van der Waals surface area contributed by atoms with Crippen molar-refractivity contribution in [2.75, 3.05) is 23.9 Å². The van der Waals surface area contributed by atoms with Crippen molar-refractivity contribution in [3.8, 4) is 0 Å². The number of fused-ring (bicyclic) bond motifs is 1. The van der Waals surface area contributed by atoms with Gasteiger partial charge in [-0.15, -0.1) is 0 Å². The van der Waals surface area contributed by atoms with E-state index in [4.69, 9.17) is 0 Å². The van der Waals surface area contributed by atoms with Gasteiger partial charge in [-0.2, -0.15) is 0 Å². The minimum Gasteiger partial charge on any atom is -0.345 e. The Balaban J connectivity index is 1.64. The number of para-hydroxylation sites is 1. The molecule has 0 aliphatic carbocycles. The van der Waals surface area contributed by atoms with E-state index in [-0.39, 0.29) is 10.8 Å². The summed E-state index contributed by atoms with van der Waals surface area (Å²) in [6.45, 7) is 4.04. The van der Waals surface area contributed by atoms with Crippen LogP contribution in [0.4, 0.5) is 5.69 Å². The third-order valence-corrected chi connectivity index (χ3v) is 7.35. The summed E-state index contributed by atoms with van der Waals surface area (Å²) in [5.74, 6) is 0.389. The second-order valence-corrected chi connectivity index (χ2v) is 9.49. The number of aromatic nitrogens is 1. The van der Waals surface area contributed by atoms with Gasteiger partial charge in [-0.05, 0) is 42.9 Å². The highest BCUT2D eigenvalue weighted by atomic mass is 32.2. The SMILES string of the molecule is CC1CCCN(C(=O)c2cc(S(=O)(=O)N3CCc4ccccc43)cn2C)C1. The van der Waals surface area contributed by atoms with Crippen LogP contribution in [-0.2, 0) is 23.5 Å². The van der Waals surface area contributed by atoms with Gasteiger partial charge in [-0.25, -0.2) is 8.42 Å². The van der Waals surface area contributed by atoms with Crippen molar-refractivity contribution < 1.29 is 13.2 Å². The molecule has 1 amide bonds. The van der Waals surface area contributed by atoms with Gasteiger partial charge in [0.15, 0.2) is 0 Å². The number of carbonyl (C=O) groups is 1. The maximum absolute atomic E-state index is 13.2. The number of likely N-dealkylation sites (tertiary alicyclic amines) is 1. The molecule has 1 aromatic carbocycles. The van der Waals surface area contributed by atoms with Crippen LogP contribution in [0.5, 0.6) is 0 Å². The van der Waals surface area contributed by atoms with Crippen LogP contribution >= 0.6 is 0 Å². The average Bonchev–Trinajstić information content (AvgIpc) is 3.25. The number of aryl methyl sites for hydroxylation is 1. The normalized spacial score (nSPS) is 20.0. The lowest BCUT2D eigenvalue weighted by molar-refractivity contribution is 0.0673. The first-order valence-electron chi connectivity index (χ1n) is 9.44. The van der Waals surface area contributed by atoms with Gasteiger partial charge in [0.1, 0.15) is 10.6 Å². The molecule has 0 N–H and O–H groups in total. The summed E-state index contributed by atoms with van der Waals surface area (Å²) in [5.41, 5.74) is 2.20. The molecule has 1 saturated heterocycles. The van der Waals surface area contributed by atoms with E-state index >= 15 is 0 Å². The number of amides is 1. The van der Waals surface area contributed by atoms with Crippen LogP contribution in [0.2, 0.25) is 0 Å². The Morgan fingerprint density at radius 2 is 1.96 bits per heavy atom. The molecule has 1 unspecified atom stereocenters. The Hall–Kier alpha value is -2.28. The summed E-state index contributed by atoms with van der Waals surface area (Å²) in [4.78, 5) is 14.9. The van der Waals surface area contributed by atoms with Crippen molar-refractivity contribution >= 4 is 21.6 Å². The van der Waals surface area contributed by atoms with Crippen LogP contribution in [0.3, 0.4) is 0 Å². The van der Waals surface area contributed by atoms with Gasteiger partial charge in [-0.3, -0.25) is 9.10 Å². The maximum atomic E-state index is 13.2. The van der Waals surface area contributed by atoms with E-state index in [0.29, 0.717) is 24.6 Å². The van der Waals surface area contributed by atoms with Crippen molar-refractivity contribution in [3.05, 3.63) is 47.8 Å². The first-order chi connectivity index (χ1) is 12.9. The topological polar surface area (TPSA) is 62.6 Å². The smallest absolute Gasteiger partial charge is 0.270 e. The zero-order chi connectivity index (χ0) is 19.2. The van der Waals surface area contributed by atoms with Crippen LogP contribution in [-0.4, -0.2) is 43.4 Å². The van der Waals surface area contributed by atoms with Crippen LogP contribution in [0, 0.1) is 5.92 Å². The van der Waals surface area contributed by atoms with Crippen LogP contribution in [0.25, 0.3) is 0 Å². The molecule has 0 radical (unpaired) electrons. The van der Waals surface area contributed by atoms with Gasteiger partial charge in [-0.1, -0.05) is 25.1 Å². The fourth-order valence-corrected chi connectivity index (χ4v) is 5.68. The third-order valence-electron chi connectivity index (χ3n) is 5.58. The van der Waals surface area contributed by atoms with Gasteiger partial charge < -0.3 is 9.47 Å². The second kappa shape index (κ2) is 6.71. The van der Waals surface area contributed by atoms with Crippen molar-refractivity contribution in [1.29, 1.82) is 0 Å². The molecule has 4 rings (SSSR count). The van der Waals surface area contributed by atoms with E-state index in [1.807, 2.05) is 29.2 Å². The number of rotatable bonds is 3. The lowest BCUT2D eigenvalue weighted by atomic mass is 10.00. The number of benzene rings is 1. The zero-order valence-electron chi connectivity index (χ0n) is 15.8. The summed E-state index contributed by atoms with van der Waals surface area (Å²) in [7, 11) is -1.95. The molecule has 2 aliphatic heterocycles. The third kappa shape index (κ3) is 3.14. The molecular weight excluding hydrogens is 362 g/mol. The van der Waals surface area contributed by atoms with E-state index < -0.39 is 10.0 Å². The van der Waals surface area contributed by atoms with Gasteiger partial charge in [0.2, 0.25) is 0 Å². The van der Waals surface area contributed by atoms with Crippen LogP contribution in [0.15, 0.2) is 41.4 Å². The van der Waals surface area contributed by atoms with Crippen LogP contribution in [0.1, 0.15) is 35.8 Å². The van der Waals surface area contributed by atoms with Crippen molar-refractivity contribution in [2.45, 2.75) is 31.1 Å². The maximum Gasteiger partial charge on any atom is 0.270 e. The Morgan fingerprint density at radius 1 is 1.19 bits per heavy atom. The summed E-state index contributed by atoms with van der Waals surface area (Å²) < 4.78 is 29.5. The minimum absolute atomic E-state index is 0.0904. The van der Waals surface area contributed by atoms with Gasteiger partial charge >= 0.3 is 0 Å². The standard InChI is InChI=1S/C20H25N3O3S/c1-15-6-5-10-22(13-15)20(24)19-12-17(14-21(19)2)27(25,26)23-11-9-16-7-3-4-8-18(16)23/h3-4,7-8,12,14-15H,5-6,9-11,13H2,1-2H3. The minimum atomic E-state index is -3.69. The van der Waals surface area contributed by atoms with Crippen molar-refractivity contribution in [2.24, 2.45) is 13.0 Å². The summed E-state index contributed by atoms with van der Waals surface area (Å²) >= 11 is 0. The van der Waals surface area contributed by atoms with Gasteiger partial charge in [0, 0.05) is 32.9 Å². The Labute approximate surface area is 160 Å². The Morgan fingerprint density at radius 3 is 2.74 bits per heavy atom. The Kier molecular flexibility index (Phi) is 4.50. The molecular formula is C20H25N3O3S. The highest BCUT2D eigenvalue weighted by Gasteiger charge is 2.33. The first-order valence-corrected chi connectivity index (χ1v) is 10.9. The number of hydrogen-bond donors (Lipinski definition) is 0. The predicted octanol–water partition coefficient (Wildman–Crippen LogP) is 2.65. The van der Waals surface area contributed by atoms with Gasteiger partial charge in [0.25, 0.3) is 15.9 Å². The van der Waals surface area contributed by atoms with Crippen molar-refractivity contribution in [3.63, 3.8) is 0 Å². The number of carbonyl (C=O) groups excluding carboxylic acids is 1. The van der Waals surface area contributed by atoms with Gasteiger partial charge in [0.05, 0.1) is 5.69 Å². The molecule has 0 bridgehead atoms. The van der Waals surface area contributed by atoms with E-state index in [1.165, 1.54) is 10.4 Å². The van der Waals surface area contributed by atoms with Crippen molar-refractivity contribution in [1.82, 2.24) is 9.47 Å². The molecule has 0 spiro atoms. The monoisotopic (exact) mass is 387 g/mol. The van der Waals surface area contributed by atoms with E-state index in [0.717, 1.165) is 37.2 Å². The quantitative estimate of drug-likeness (QED) is 0.813. The molecule has 144 valence electrons. The molecule has 2 aliphatic rings. The molecule has 2 aromatic rings. The number of nitrogens with zero attached hydrogens (tertiary/aromatic N) is 3. The number of anilines is 1. The summed E-state index contributed by atoms with van der Waals surface area (Å²) in [6, 6.07) is 9.10. The molecule has 0 saturated carbocycles. The molecule has 7 heteroatoms. The largest absolute Gasteiger partial charge is 0.345 e. The first kappa shape index (κ1) is 18.1. The molecule has 27 heavy (non-hydrogen) atoms. The zero-order valence-corrected chi connectivity index (χ0v) is 16.6. The van der Waals surface area contributed by atoms with E-state index in [1.54, 1.807) is 17.8 Å². The second-order valence-electron chi connectivity index (χ2n) is 7.63. The number of sulfonamides is 1. The van der Waals surface area contributed by atoms with E-state index in [2.05, 4.69) is 6.92 Å². The molecule has 6 nitrogen and oxygen atoms in total. The Bertz CT molecular complexity index is 980. The number of piperidine rings is 1. The lowest BCUT2D eigenvalue weighted by Crippen LogP contribution is -2.39. The fourth-order valence-electron chi connectivity index (χ4n) is 4.11. The van der Waals surface area contributed by atoms with Crippen LogP contribution < -0.4 is 4.31 Å². The lowest BCUT2D eigenvalue weighted by Gasteiger charge is -2.30. The summed E-state index contributed by atoms with van der Waals surface area (Å²) in [5, 5.41) is 0.